The fourth-order valence-corrected chi connectivity index (χ4v) is 1.93. The number of unbranched alkanes of at least 4 members (excludes halogenated alkanes) is 8. The molecule has 0 spiro atoms. The van der Waals surface area contributed by atoms with E-state index in [2.05, 4.69) is 6.92 Å². The summed E-state index contributed by atoms with van der Waals surface area (Å²) < 4.78 is 35.9. The maximum atomic E-state index is 12.1. The summed E-state index contributed by atoms with van der Waals surface area (Å²) in [5.74, 6) is 0. The zero-order valence-electron chi connectivity index (χ0n) is 10.5. The molecule has 17 heavy (non-hydrogen) atoms. The predicted molar refractivity (Wildman–Crippen MR) is 75.4 cm³/mol. The van der Waals surface area contributed by atoms with Crippen molar-refractivity contribution in [1.29, 1.82) is 0 Å². The van der Waals surface area contributed by atoms with Crippen LogP contribution in [-0.2, 0) is 0 Å². The van der Waals surface area contributed by atoms with Crippen molar-refractivity contribution in [2.75, 3.05) is 0 Å². The van der Waals surface area contributed by atoms with Crippen molar-refractivity contribution < 1.29 is 13.2 Å². The van der Waals surface area contributed by atoms with E-state index in [0.717, 1.165) is 19.3 Å². The molecule has 0 nitrogen and oxygen atoms in total. The third-order valence-corrected chi connectivity index (χ3v) is 3.70. The van der Waals surface area contributed by atoms with Crippen molar-refractivity contribution in [3.63, 3.8) is 0 Å². The topological polar surface area (TPSA) is 0 Å². The predicted octanol–water partition coefficient (Wildman–Crippen LogP) is 6.40. The molecular weight excluding hydrogens is 340 g/mol. The Balaban J connectivity index is 3.35. The second-order valence-electron chi connectivity index (χ2n) is 4.31. The van der Waals surface area contributed by atoms with Gasteiger partial charge in [-0.25, -0.2) is 0 Å². The van der Waals surface area contributed by atoms with Gasteiger partial charge in [-0.3, -0.25) is 0 Å². The first kappa shape index (κ1) is 17.3. The van der Waals surface area contributed by atoms with Gasteiger partial charge in [0.25, 0.3) is 0 Å². The molecule has 102 valence electrons. The van der Waals surface area contributed by atoms with Crippen LogP contribution in [0.15, 0.2) is 9.66 Å². The summed E-state index contributed by atoms with van der Waals surface area (Å²) in [5.41, 5.74) is 0. The molecule has 0 aliphatic carbocycles. The van der Waals surface area contributed by atoms with Crippen LogP contribution in [0.3, 0.4) is 0 Å². The van der Waals surface area contributed by atoms with E-state index in [1.165, 1.54) is 60.8 Å². The monoisotopic (exact) mass is 362 g/mol. The molecule has 0 N–H and O–H groups in total. The van der Waals surface area contributed by atoms with Gasteiger partial charge in [0.05, 0.1) is 3.58 Å². The molecule has 0 unspecified atom stereocenters. The molecule has 0 aromatic carbocycles. The van der Waals surface area contributed by atoms with Crippen LogP contribution < -0.4 is 0 Å². The molecule has 0 aliphatic heterocycles. The van der Waals surface area contributed by atoms with Crippen LogP contribution >= 0.6 is 22.6 Å². The van der Waals surface area contributed by atoms with Crippen LogP contribution in [-0.4, -0.2) is 6.18 Å². The Morgan fingerprint density at radius 3 is 1.88 bits per heavy atom. The van der Waals surface area contributed by atoms with Crippen LogP contribution in [0.2, 0.25) is 0 Å². The molecule has 0 saturated carbocycles. The highest BCUT2D eigenvalue weighted by Crippen LogP contribution is 2.31. The van der Waals surface area contributed by atoms with Gasteiger partial charge in [0.15, 0.2) is 0 Å². The summed E-state index contributed by atoms with van der Waals surface area (Å²) >= 11 is 1.37. The highest BCUT2D eigenvalue weighted by Gasteiger charge is 2.30. The Hall–Kier alpha value is 0.260. The van der Waals surface area contributed by atoms with E-state index >= 15 is 0 Å². The first-order valence-electron chi connectivity index (χ1n) is 6.41. The molecule has 0 atom stereocenters. The summed E-state index contributed by atoms with van der Waals surface area (Å²) in [4.78, 5) is 0. The second kappa shape index (κ2) is 10.2. The fraction of sp³-hybridized carbons (Fsp3) is 0.846. The summed E-state index contributed by atoms with van der Waals surface area (Å²) in [6, 6.07) is 0. The molecule has 4 heteroatoms. The SMILES string of the molecule is CCCCCCCCCC/C=C(/I)C(F)(F)F. The lowest BCUT2D eigenvalue weighted by Crippen LogP contribution is -2.06. The molecule has 0 rings (SSSR count). The van der Waals surface area contributed by atoms with Gasteiger partial charge in [0.2, 0.25) is 0 Å². The van der Waals surface area contributed by atoms with Crippen molar-refractivity contribution in [3.8, 4) is 0 Å². The standard InChI is InChI=1S/C13H22F3I/c1-2-3-4-5-6-7-8-9-10-11-12(17)13(14,15)16/h11H,2-10H2,1H3/b12-11+. The summed E-state index contributed by atoms with van der Waals surface area (Å²) in [7, 11) is 0. The van der Waals surface area contributed by atoms with E-state index in [4.69, 9.17) is 0 Å². The Bertz CT molecular complexity index is 209. The Kier molecular flexibility index (Phi) is 10.4. The van der Waals surface area contributed by atoms with E-state index in [1.807, 2.05) is 0 Å². The van der Waals surface area contributed by atoms with E-state index in [-0.39, 0.29) is 0 Å². The third-order valence-electron chi connectivity index (χ3n) is 2.65. The van der Waals surface area contributed by atoms with E-state index in [1.54, 1.807) is 0 Å². The number of halogens is 4. The highest BCUT2D eigenvalue weighted by atomic mass is 127. The first-order chi connectivity index (χ1) is 7.98. The fourth-order valence-electron chi connectivity index (χ4n) is 1.62. The number of rotatable bonds is 9. The molecular formula is C13H22F3I. The van der Waals surface area contributed by atoms with Crippen molar-refractivity contribution in [3.05, 3.63) is 9.66 Å². The van der Waals surface area contributed by atoms with Crippen molar-refractivity contribution in [2.45, 2.75) is 70.9 Å². The Labute approximate surface area is 116 Å². The van der Waals surface area contributed by atoms with Crippen molar-refractivity contribution >= 4 is 22.6 Å². The van der Waals surface area contributed by atoms with E-state index < -0.39 is 9.76 Å². The number of allylic oxidation sites excluding steroid dienone is 2. The normalized spacial score (nSPS) is 13.1. The molecule has 0 radical (unpaired) electrons. The smallest absolute Gasteiger partial charge is 0.166 e. The van der Waals surface area contributed by atoms with Gasteiger partial charge < -0.3 is 0 Å². The van der Waals surface area contributed by atoms with Crippen LogP contribution in [0.4, 0.5) is 13.2 Å². The van der Waals surface area contributed by atoms with Crippen LogP contribution in [0.5, 0.6) is 0 Å². The molecule has 0 heterocycles. The lowest BCUT2D eigenvalue weighted by atomic mass is 10.1. The zero-order valence-corrected chi connectivity index (χ0v) is 12.6. The zero-order chi connectivity index (χ0) is 13.1. The molecule has 0 bridgehead atoms. The molecule has 0 fully saturated rings. The summed E-state index contributed by atoms with van der Waals surface area (Å²) in [6.07, 6.45) is 7.10. The van der Waals surface area contributed by atoms with Gasteiger partial charge in [-0.05, 0) is 35.4 Å². The minimum Gasteiger partial charge on any atom is -0.166 e. The molecule has 0 aromatic heterocycles. The Morgan fingerprint density at radius 1 is 0.941 bits per heavy atom. The summed E-state index contributed by atoms with van der Waals surface area (Å²) in [5, 5.41) is 0. The number of alkyl halides is 3. The molecule has 0 saturated heterocycles. The minimum absolute atomic E-state index is 0.488. The average molecular weight is 362 g/mol. The van der Waals surface area contributed by atoms with Crippen molar-refractivity contribution in [2.24, 2.45) is 0 Å². The minimum atomic E-state index is -4.15. The Morgan fingerprint density at radius 2 is 1.41 bits per heavy atom. The van der Waals surface area contributed by atoms with Gasteiger partial charge in [0, 0.05) is 0 Å². The molecule has 0 aromatic rings. The average Bonchev–Trinajstić information content (AvgIpc) is 2.25. The maximum Gasteiger partial charge on any atom is 0.421 e. The van der Waals surface area contributed by atoms with Gasteiger partial charge >= 0.3 is 6.18 Å². The van der Waals surface area contributed by atoms with Gasteiger partial charge in [0.1, 0.15) is 0 Å². The first-order valence-corrected chi connectivity index (χ1v) is 7.49. The van der Waals surface area contributed by atoms with Crippen molar-refractivity contribution in [1.82, 2.24) is 0 Å². The van der Waals surface area contributed by atoms with Gasteiger partial charge in [-0.2, -0.15) is 13.2 Å². The molecule has 0 aliphatic rings. The summed E-state index contributed by atoms with van der Waals surface area (Å²) in [6.45, 7) is 2.19. The van der Waals surface area contributed by atoms with Crippen LogP contribution in [0.1, 0.15) is 64.7 Å². The number of hydrogen-bond donors (Lipinski definition) is 0. The third kappa shape index (κ3) is 11.1. The molecule has 0 amide bonds. The van der Waals surface area contributed by atoms with Gasteiger partial charge in [-0.1, -0.05) is 57.9 Å². The van der Waals surface area contributed by atoms with E-state index in [9.17, 15) is 13.2 Å². The highest BCUT2D eigenvalue weighted by molar-refractivity contribution is 14.1. The lowest BCUT2D eigenvalue weighted by molar-refractivity contribution is -0.0819. The number of hydrogen-bond acceptors (Lipinski definition) is 0. The largest absolute Gasteiger partial charge is 0.421 e. The van der Waals surface area contributed by atoms with Crippen LogP contribution in [0.25, 0.3) is 0 Å². The van der Waals surface area contributed by atoms with Gasteiger partial charge in [-0.15, -0.1) is 0 Å². The lowest BCUT2D eigenvalue weighted by Gasteiger charge is -2.04. The quantitative estimate of drug-likeness (QED) is 0.329. The van der Waals surface area contributed by atoms with Crippen LogP contribution in [0, 0.1) is 0 Å². The second-order valence-corrected chi connectivity index (χ2v) is 5.48. The maximum absolute atomic E-state index is 12.1. The van der Waals surface area contributed by atoms with E-state index in [0.29, 0.717) is 6.42 Å².